The monoisotopic (exact) mass is 368 g/mol. The topological polar surface area (TPSA) is 35.5 Å². The SMILES string of the molecule is O=C1OC(CI)C(CI)O1. The largest absolute Gasteiger partial charge is 0.509 e. The van der Waals surface area contributed by atoms with Gasteiger partial charge in [0.15, 0.2) is 12.2 Å². The second-order valence-corrected chi connectivity index (χ2v) is 3.63. The van der Waals surface area contributed by atoms with E-state index >= 15 is 0 Å². The number of hydrogen-bond acceptors (Lipinski definition) is 3. The quantitative estimate of drug-likeness (QED) is 0.424. The van der Waals surface area contributed by atoms with E-state index in [0.29, 0.717) is 0 Å². The molecule has 0 amide bonds. The number of hydrogen-bond donors (Lipinski definition) is 0. The molecule has 10 heavy (non-hydrogen) atoms. The van der Waals surface area contributed by atoms with Crippen molar-refractivity contribution < 1.29 is 14.3 Å². The van der Waals surface area contributed by atoms with Gasteiger partial charge in [-0.1, -0.05) is 45.2 Å². The minimum Gasteiger partial charge on any atom is -0.426 e. The minimum absolute atomic E-state index is 0.0370. The van der Waals surface area contributed by atoms with Crippen LogP contribution in [0.5, 0.6) is 0 Å². The highest BCUT2D eigenvalue weighted by atomic mass is 127. The Morgan fingerprint density at radius 2 is 1.60 bits per heavy atom. The third-order valence-corrected chi connectivity index (χ3v) is 2.95. The Balaban J connectivity index is 2.48. The van der Waals surface area contributed by atoms with Crippen LogP contribution in [0.1, 0.15) is 0 Å². The molecule has 1 aliphatic heterocycles. The zero-order valence-corrected chi connectivity index (χ0v) is 9.36. The second-order valence-electron chi connectivity index (χ2n) is 1.87. The Hall–Kier alpha value is 0.730. The van der Waals surface area contributed by atoms with Gasteiger partial charge < -0.3 is 9.47 Å². The molecule has 3 nitrogen and oxygen atoms in total. The molecule has 58 valence electrons. The van der Waals surface area contributed by atoms with E-state index in [0.717, 1.165) is 8.86 Å². The van der Waals surface area contributed by atoms with Gasteiger partial charge in [0.25, 0.3) is 0 Å². The van der Waals surface area contributed by atoms with E-state index in [-0.39, 0.29) is 12.2 Å². The van der Waals surface area contributed by atoms with Gasteiger partial charge in [-0.2, -0.15) is 0 Å². The summed E-state index contributed by atoms with van der Waals surface area (Å²) in [5.74, 6) is 0. The summed E-state index contributed by atoms with van der Waals surface area (Å²) in [7, 11) is 0. The predicted octanol–water partition coefficient (Wildman–Crippen LogP) is 1.76. The average Bonchev–Trinajstić information content (AvgIpc) is 2.30. The van der Waals surface area contributed by atoms with Gasteiger partial charge in [0.2, 0.25) is 0 Å². The molecule has 0 spiro atoms. The highest BCUT2D eigenvalue weighted by molar-refractivity contribution is 14.1. The zero-order valence-electron chi connectivity index (χ0n) is 5.05. The van der Waals surface area contributed by atoms with Crippen molar-refractivity contribution in [2.24, 2.45) is 0 Å². The van der Waals surface area contributed by atoms with Crippen molar-refractivity contribution in [3.8, 4) is 0 Å². The van der Waals surface area contributed by atoms with Gasteiger partial charge in [-0.3, -0.25) is 0 Å². The lowest BCUT2D eigenvalue weighted by Gasteiger charge is -2.07. The number of carbonyl (C=O) groups is 1. The second kappa shape index (κ2) is 3.93. The number of carbonyl (C=O) groups excluding carboxylic acids is 1. The lowest BCUT2D eigenvalue weighted by atomic mass is 10.3. The molecule has 0 bridgehead atoms. The van der Waals surface area contributed by atoms with Crippen molar-refractivity contribution in [1.29, 1.82) is 0 Å². The van der Waals surface area contributed by atoms with E-state index in [2.05, 4.69) is 45.2 Å². The maximum Gasteiger partial charge on any atom is 0.509 e. The Kier molecular flexibility index (Phi) is 3.47. The maximum atomic E-state index is 10.5. The molecule has 1 aliphatic rings. The molecule has 2 atom stereocenters. The van der Waals surface area contributed by atoms with Gasteiger partial charge in [-0.25, -0.2) is 4.79 Å². The molecule has 0 aromatic carbocycles. The third kappa shape index (κ3) is 1.86. The molecule has 1 saturated heterocycles. The van der Waals surface area contributed by atoms with Gasteiger partial charge in [0.1, 0.15) is 0 Å². The molecule has 0 N–H and O–H groups in total. The summed E-state index contributed by atoms with van der Waals surface area (Å²) in [5.41, 5.74) is 0. The van der Waals surface area contributed by atoms with Crippen molar-refractivity contribution in [1.82, 2.24) is 0 Å². The van der Waals surface area contributed by atoms with Crippen molar-refractivity contribution in [3.63, 3.8) is 0 Å². The molecule has 0 aromatic rings. The van der Waals surface area contributed by atoms with Gasteiger partial charge in [-0.15, -0.1) is 0 Å². The Morgan fingerprint density at radius 3 is 1.90 bits per heavy atom. The number of ether oxygens (including phenoxy) is 2. The van der Waals surface area contributed by atoms with Crippen LogP contribution in [0.15, 0.2) is 0 Å². The fraction of sp³-hybridized carbons (Fsp3) is 0.800. The third-order valence-electron chi connectivity index (χ3n) is 1.21. The molecule has 1 rings (SSSR count). The minimum atomic E-state index is -0.525. The molecular weight excluding hydrogens is 362 g/mol. The lowest BCUT2D eigenvalue weighted by molar-refractivity contribution is 0.119. The maximum absolute atomic E-state index is 10.5. The summed E-state index contributed by atoms with van der Waals surface area (Å²) in [6.45, 7) is 0. The molecule has 0 radical (unpaired) electrons. The van der Waals surface area contributed by atoms with Crippen LogP contribution in [0.3, 0.4) is 0 Å². The van der Waals surface area contributed by atoms with Gasteiger partial charge in [0, 0.05) is 8.86 Å². The normalized spacial score (nSPS) is 31.6. The zero-order chi connectivity index (χ0) is 7.56. The van der Waals surface area contributed by atoms with Crippen LogP contribution >= 0.6 is 45.2 Å². The fourth-order valence-electron chi connectivity index (χ4n) is 0.688. The fourth-order valence-corrected chi connectivity index (χ4v) is 2.18. The molecule has 0 saturated carbocycles. The van der Waals surface area contributed by atoms with E-state index in [1.165, 1.54) is 0 Å². The smallest absolute Gasteiger partial charge is 0.426 e. The summed E-state index contributed by atoms with van der Waals surface area (Å²) in [4.78, 5) is 10.5. The average molecular weight is 368 g/mol. The summed E-state index contributed by atoms with van der Waals surface area (Å²) >= 11 is 4.36. The van der Waals surface area contributed by atoms with Crippen LogP contribution in [0.4, 0.5) is 4.79 Å². The first-order valence-electron chi connectivity index (χ1n) is 2.77. The standard InChI is InChI=1S/C5H6I2O3/c6-1-3-4(2-7)10-5(8)9-3/h3-4H,1-2H2. The molecular formula is C5H6I2O3. The Morgan fingerprint density at radius 1 is 1.20 bits per heavy atom. The van der Waals surface area contributed by atoms with Crippen molar-refractivity contribution in [2.75, 3.05) is 8.86 Å². The molecule has 1 heterocycles. The van der Waals surface area contributed by atoms with Crippen LogP contribution < -0.4 is 0 Å². The van der Waals surface area contributed by atoms with Crippen molar-refractivity contribution >= 4 is 51.3 Å². The highest BCUT2D eigenvalue weighted by Gasteiger charge is 2.34. The van der Waals surface area contributed by atoms with Crippen LogP contribution in [0.2, 0.25) is 0 Å². The van der Waals surface area contributed by atoms with Gasteiger partial charge >= 0.3 is 6.16 Å². The van der Waals surface area contributed by atoms with Gasteiger partial charge in [0.05, 0.1) is 0 Å². The number of cyclic esters (lactones) is 2. The number of halogens is 2. The Bertz CT molecular complexity index is 125. The molecule has 0 aliphatic carbocycles. The van der Waals surface area contributed by atoms with Crippen LogP contribution in [0, 0.1) is 0 Å². The van der Waals surface area contributed by atoms with Crippen LogP contribution in [-0.4, -0.2) is 27.2 Å². The van der Waals surface area contributed by atoms with E-state index in [1.807, 2.05) is 0 Å². The molecule has 1 fully saturated rings. The first-order chi connectivity index (χ1) is 4.77. The summed E-state index contributed by atoms with van der Waals surface area (Å²) in [5, 5.41) is 0. The predicted molar refractivity (Wildman–Crippen MR) is 52.9 cm³/mol. The highest BCUT2D eigenvalue weighted by Crippen LogP contribution is 2.18. The molecule has 5 heteroatoms. The van der Waals surface area contributed by atoms with Crippen molar-refractivity contribution in [2.45, 2.75) is 12.2 Å². The summed E-state index contributed by atoms with van der Waals surface area (Å²) in [6.07, 6.45) is -0.599. The van der Waals surface area contributed by atoms with E-state index in [9.17, 15) is 4.79 Å². The number of rotatable bonds is 2. The van der Waals surface area contributed by atoms with Crippen LogP contribution in [-0.2, 0) is 9.47 Å². The summed E-state index contributed by atoms with van der Waals surface area (Å²) in [6, 6.07) is 0. The Labute approximate surface area is 86.1 Å². The van der Waals surface area contributed by atoms with E-state index in [1.54, 1.807) is 0 Å². The van der Waals surface area contributed by atoms with E-state index in [4.69, 9.17) is 9.47 Å². The van der Waals surface area contributed by atoms with Crippen LogP contribution in [0.25, 0.3) is 0 Å². The van der Waals surface area contributed by atoms with E-state index < -0.39 is 6.16 Å². The van der Waals surface area contributed by atoms with Gasteiger partial charge in [-0.05, 0) is 0 Å². The molecule has 0 aromatic heterocycles. The first-order valence-corrected chi connectivity index (χ1v) is 5.82. The molecule has 2 unspecified atom stereocenters. The number of alkyl halides is 2. The summed E-state index contributed by atoms with van der Waals surface area (Å²) < 4.78 is 11.3. The lowest BCUT2D eigenvalue weighted by Crippen LogP contribution is -2.24. The first kappa shape index (κ1) is 8.82. The van der Waals surface area contributed by atoms with Crippen molar-refractivity contribution in [3.05, 3.63) is 0 Å².